The van der Waals surface area contributed by atoms with Crippen molar-refractivity contribution in [3.63, 3.8) is 0 Å². The molecule has 8 heteroatoms. The minimum atomic E-state index is -0.364. The van der Waals surface area contributed by atoms with Crippen LogP contribution in [0.15, 0.2) is 49.1 Å². The monoisotopic (exact) mass is 325 g/mol. The second-order valence-electron chi connectivity index (χ2n) is 4.77. The molecule has 0 fully saturated rings. The van der Waals surface area contributed by atoms with E-state index in [-0.39, 0.29) is 11.6 Å². The molecule has 2 aromatic heterocycles. The number of rotatable bonds is 5. The van der Waals surface area contributed by atoms with Crippen LogP contribution in [-0.4, -0.2) is 39.9 Å². The molecule has 1 aromatic carbocycles. The number of carbonyl (C=O) groups is 1. The van der Waals surface area contributed by atoms with E-state index >= 15 is 0 Å². The van der Waals surface area contributed by atoms with E-state index in [1.165, 1.54) is 19.8 Å². The highest BCUT2D eigenvalue weighted by Crippen LogP contribution is 2.29. The standard InChI is InChI=1S/C16H15N5O3/c1-23-11-6-7-14(24-2)13(8-11)20-16(22)12-4-3-5-15(19-12)21-9-17-18-10-21/h3-10H,1-2H3,(H,20,22). The molecule has 0 spiro atoms. The number of nitrogens with one attached hydrogen (secondary N) is 1. The van der Waals surface area contributed by atoms with Crippen molar-refractivity contribution in [3.8, 4) is 17.3 Å². The number of methoxy groups -OCH3 is 2. The number of ether oxygens (including phenoxy) is 2. The first-order valence-electron chi connectivity index (χ1n) is 7.06. The summed E-state index contributed by atoms with van der Waals surface area (Å²) in [5.74, 6) is 1.32. The fourth-order valence-corrected chi connectivity index (χ4v) is 2.11. The molecule has 0 saturated heterocycles. The number of pyridine rings is 1. The molecule has 2 heterocycles. The van der Waals surface area contributed by atoms with Gasteiger partial charge in [0.15, 0.2) is 0 Å². The zero-order chi connectivity index (χ0) is 16.9. The second kappa shape index (κ2) is 6.78. The number of amides is 1. The van der Waals surface area contributed by atoms with Gasteiger partial charge >= 0.3 is 0 Å². The third-order valence-corrected chi connectivity index (χ3v) is 3.31. The van der Waals surface area contributed by atoms with Gasteiger partial charge in [-0.25, -0.2) is 4.98 Å². The molecule has 1 N–H and O–H groups in total. The van der Waals surface area contributed by atoms with Gasteiger partial charge in [-0.05, 0) is 24.3 Å². The molecular formula is C16H15N5O3. The van der Waals surface area contributed by atoms with Gasteiger partial charge in [0.2, 0.25) is 0 Å². The first-order chi connectivity index (χ1) is 11.7. The third-order valence-electron chi connectivity index (χ3n) is 3.31. The Balaban J connectivity index is 1.87. The van der Waals surface area contributed by atoms with Gasteiger partial charge in [-0.2, -0.15) is 0 Å². The molecule has 0 aliphatic carbocycles. The lowest BCUT2D eigenvalue weighted by atomic mass is 10.2. The zero-order valence-electron chi connectivity index (χ0n) is 13.1. The van der Waals surface area contributed by atoms with Gasteiger partial charge in [-0.1, -0.05) is 6.07 Å². The van der Waals surface area contributed by atoms with E-state index in [0.717, 1.165) is 0 Å². The maximum absolute atomic E-state index is 12.5. The summed E-state index contributed by atoms with van der Waals surface area (Å²) in [6.07, 6.45) is 3.02. The van der Waals surface area contributed by atoms with Crippen LogP contribution in [0.25, 0.3) is 5.82 Å². The molecule has 0 unspecified atom stereocenters. The molecule has 0 radical (unpaired) electrons. The molecule has 0 bridgehead atoms. The van der Waals surface area contributed by atoms with Crippen molar-refractivity contribution in [2.45, 2.75) is 0 Å². The fraction of sp³-hybridized carbons (Fsp3) is 0.125. The molecule has 1 amide bonds. The minimum absolute atomic E-state index is 0.256. The Morgan fingerprint density at radius 2 is 1.88 bits per heavy atom. The summed E-state index contributed by atoms with van der Waals surface area (Å²) in [6.45, 7) is 0. The van der Waals surface area contributed by atoms with Gasteiger partial charge < -0.3 is 14.8 Å². The quantitative estimate of drug-likeness (QED) is 0.771. The highest BCUT2D eigenvalue weighted by Gasteiger charge is 2.13. The fourth-order valence-electron chi connectivity index (χ4n) is 2.11. The predicted octanol–water partition coefficient (Wildman–Crippen LogP) is 1.93. The van der Waals surface area contributed by atoms with E-state index in [0.29, 0.717) is 23.0 Å². The lowest BCUT2D eigenvalue weighted by Gasteiger charge is -2.12. The van der Waals surface area contributed by atoms with E-state index in [4.69, 9.17) is 9.47 Å². The van der Waals surface area contributed by atoms with Gasteiger partial charge in [0.05, 0.1) is 19.9 Å². The molecule has 0 saturated carbocycles. The number of carbonyl (C=O) groups excluding carboxylic acids is 1. The molecular weight excluding hydrogens is 310 g/mol. The Bertz CT molecular complexity index is 849. The van der Waals surface area contributed by atoms with Crippen molar-refractivity contribution < 1.29 is 14.3 Å². The summed E-state index contributed by atoms with van der Waals surface area (Å²) in [4.78, 5) is 16.8. The van der Waals surface area contributed by atoms with Crippen molar-refractivity contribution >= 4 is 11.6 Å². The second-order valence-corrected chi connectivity index (χ2v) is 4.77. The third kappa shape index (κ3) is 3.17. The molecule has 0 aliphatic heterocycles. The maximum Gasteiger partial charge on any atom is 0.274 e. The number of hydrogen-bond acceptors (Lipinski definition) is 6. The van der Waals surface area contributed by atoms with Gasteiger partial charge in [0.1, 0.15) is 35.7 Å². The van der Waals surface area contributed by atoms with Crippen LogP contribution in [0.4, 0.5) is 5.69 Å². The zero-order valence-corrected chi connectivity index (χ0v) is 13.1. The van der Waals surface area contributed by atoms with E-state index in [1.54, 1.807) is 48.1 Å². The molecule has 0 aliphatic rings. The number of nitrogens with zero attached hydrogens (tertiary/aromatic N) is 4. The predicted molar refractivity (Wildman–Crippen MR) is 86.7 cm³/mol. The van der Waals surface area contributed by atoms with Crippen LogP contribution >= 0.6 is 0 Å². The maximum atomic E-state index is 12.5. The van der Waals surface area contributed by atoms with Crippen molar-refractivity contribution in [3.05, 3.63) is 54.7 Å². The Hall–Kier alpha value is -3.42. The molecule has 3 rings (SSSR count). The average Bonchev–Trinajstić information content (AvgIpc) is 3.16. The summed E-state index contributed by atoms with van der Waals surface area (Å²) in [7, 11) is 3.08. The van der Waals surface area contributed by atoms with Crippen LogP contribution in [0, 0.1) is 0 Å². The van der Waals surface area contributed by atoms with E-state index in [9.17, 15) is 4.79 Å². The van der Waals surface area contributed by atoms with E-state index < -0.39 is 0 Å². The smallest absolute Gasteiger partial charge is 0.274 e. The topological polar surface area (TPSA) is 91.2 Å². The summed E-state index contributed by atoms with van der Waals surface area (Å²) >= 11 is 0. The summed E-state index contributed by atoms with van der Waals surface area (Å²) in [5.41, 5.74) is 0.754. The highest BCUT2D eigenvalue weighted by molar-refractivity contribution is 6.03. The van der Waals surface area contributed by atoms with Crippen molar-refractivity contribution in [1.82, 2.24) is 19.7 Å². The van der Waals surface area contributed by atoms with Crippen LogP contribution in [0.5, 0.6) is 11.5 Å². The number of hydrogen-bond donors (Lipinski definition) is 1. The first kappa shape index (κ1) is 15.5. The van der Waals surface area contributed by atoms with Crippen LogP contribution < -0.4 is 14.8 Å². The number of aromatic nitrogens is 4. The molecule has 24 heavy (non-hydrogen) atoms. The normalized spacial score (nSPS) is 10.2. The highest BCUT2D eigenvalue weighted by atomic mass is 16.5. The Labute approximate surface area is 138 Å². The molecule has 122 valence electrons. The van der Waals surface area contributed by atoms with Crippen LogP contribution in [0.1, 0.15) is 10.5 Å². The first-order valence-corrected chi connectivity index (χ1v) is 7.06. The molecule has 8 nitrogen and oxygen atoms in total. The molecule has 0 atom stereocenters. The van der Waals surface area contributed by atoms with E-state index in [2.05, 4.69) is 20.5 Å². The summed E-state index contributed by atoms with van der Waals surface area (Å²) in [6, 6.07) is 10.3. The largest absolute Gasteiger partial charge is 0.497 e. The van der Waals surface area contributed by atoms with E-state index in [1.807, 2.05) is 0 Å². The van der Waals surface area contributed by atoms with Crippen molar-refractivity contribution in [2.75, 3.05) is 19.5 Å². The van der Waals surface area contributed by atoms with Crippen molar-refractivity contribution in [2.24, 2.45) is 0 Å². The SMILES string of the molecule is COc1ccc(OC)c(NC(=O)c2cccc(-n3cnnc3)n2)c1. The number of benzene rings is 1. The summed E-state index contributed by atoms with van der Waals surface area (Å²) < 4.78 is 12.0. The van der Waals surface area contributed by atoms with Gasteiger partial charge in [-0.3, -0.25) is 9.36 Å². The molecule has 3 aromatic rings. The Morgan fingerprint density at radius 3 is 2.58 bits per heavy atom. The van der Waals surface area contributed by atoms with Crippen LogP contribution in [0.3, 0.4) is 0 Å². The average molecular weight is 325 g/mol. The van der Waals surface area contributed by atoms with Gasteiger partial charge in [-0.15, -0.1) is 10.2 Å². The minimum Gasteiger partial charge on any atom is -0.497 e. The van der Waals surface area contributed by atoms with Gasteiger partial charge in [0.25, 0.3) is 5.91 Å². The van der Waals surface area contributed by atoms with Crippen LogP contribution in [-0.2, 0) is 0 Å². The lowest BCUT2D eigenvalue weighted by Crippen LogP contribution is -2.15. The van der Waals surface area contributed by atoms with Gasteiger partial charge in [0, 0.05) is 6.07 Å². The van der Waals surface area contributed by atoms with Crippen LogP contribution in [0.2, 0.25) is 0 Å². The lowest BCUT2D eigenvalue weighted by molar-refractivity contribution is 0.102. The number of anilines is 1. The van der Waals surface area contributed by atoms with Crippen molar-refractivity contribution in [1.29, 1.82) is 0 Å². The Morgan fingerprint density at radius 1 is 1.08 bits per heavy atom. The summed E-state index contributed by atoms with van der Waals surface area (Å²) in [5, 5.41) is 10.2. The Kier molecular flexibility index (Phi) is 4.37.